The van der Waals surface area contributed by atoms with Gasteiger partial charge in [0.2, 0.25) is 5.91 Å². The predicted molar refractivity (Wildman–Crippen MR) is 118 cm³/mol. The number of furan rings is 1. The highest BCUT2D eigenvalue weighted by atomic mass is 35.5. The number of anilines is 1. The van der Waals surface area contributed by atoms with Gasteiger partial charge in [0.15, 0.2) is 0 Å². The molecule has 0 bridgehead atoms. The van der Waals surface area contributed by atoms with Crippen LogP contribution in [0.1, 0.15) is 16.5 Å². The Morgan fingerprint density at radius 1 is 1.07 bits per heavy atom. The fourth-order valence-corrected chi connectivity index (χ4v) is 3.74. The Kier molecular flexibility index (Phi) is 6.47. The largest absolute Gasteiger partial charge is 0.486 e. The summed E-state index contributed by atoms with van der Waals surface area (Å²) >= 11 is 7.36. The molecule has 2 heterocycles. The number of benzene rings is 2. The van der Waals surface area contributed by atoms with Crippen molar-refractivity contribution in [1.82, 2.24) is 4.98 Å². The van der Waals surface area contributed by atoms with Gasteiger partial charge < -0.3 is 14.1 Å². The van der Waals surface area contributed by atoms with E-state index >= 15 is 0 Å². The molecule has 0 fully saturated rings. The molecule has 0 aliphatic rings. The molecule has 7 heteroatoms. The third-order valence-electron chi connectivity index (χ3n) is 4.37. The third-order valence-corrected chi connectivity index (χ3v) is 5.49. The second-order valence-electron chi connectivity index (χ2n) is 6.55. The number of aromatic nitrogens is 1. The molecule has 0 aliphatic heterocycles. The molecule has 0 N–H and O–H groups in total. The zero-order valence-corrected chi connectivity index (χ0v) is 17.6. The van der Waals surface area contributed by atoms with E-state index in [4.69, 9.17) is 20.8 Å². The molecule has 0 saturated carbocycles. The topological polar surface area (TPSA) is 55.6 Å². The molecule has 0 unspecified atom stereocenters. The summed E-state index contributed by atoms with van der Waals surface area (Å²) in [6.07, 6.45) is 1.81. The van der Waals surface area contributed by atoms with Crippen LogP contribution in [-0.2, 0) is 24.4 Å². The normalized spacial score (nSPS) is 10.7. The summed E-state index contributed by atoms with van der Waals surface area (Å²) in [4.78, 5) is 19.3. The van der Waals surface area contributed by atoms with Crippen molar-refractivity contribution in [2.45, 2.75) is 19.6 Å². The second kappa shape index (κ2) is 9.61. The van der Waals surface area contributed by atoms with E-state index < -0.39 is 0 Å². The smallest absolute Gasteiger partial charge is 0.233 e. The Balaban J connectivity index is 1.41. The molecular formula is C23H19ClN2O3S. The zero-order chi connectivity index (χ0) is 20.8. The van der Waals surface area contributed by atoms with E-state index in [1.807, 2.05) is 60.0 Å². The van der Waals surface area contributed by atoms with Crippen molar-refractivity contribution < 1.29 is 13.9 Å². The molecule has 4 aromatic rings. The average Bonchev–Trinajstić information content (AvgIpc) is 3.44. The van der Waals surface area contributed by atoms with Gasteiger partial charge in [-0.25, -0.2) is 4.98 Å². The van der Waals surface area contributed by atoms with E-state index in [1.54, 1.807) is 23.3 Å². The van der Waals surface area contributed by atoms with Crippen LogP contribution in [-0.4, -0.2) is 10.9 Å². The van der Waals surface area contributed by atoms with Gasteiger partial charge in [0.25, 0.3) is 0 Å². The first kappa shape index (κ1) is 20.2. The Morgan fingerprint density at radius 2 is 1.87 bits per heavy atom. The van der Waals surface area contributed by atoms with Crippen LogP contribution in [0.5, 0.6) is 5.75 Å². The first-order valence-corrected chi connectivity index (χ1v) is 10.6. The molecule has 30 heavy (non-hydrogen) atoms. The van der Waals surface area contributed by atoms with Crippen LogP contribution in [0, 0.1) is 0 Å². The zero-order valence-electron chi connectivity index (χ0n) is 16.0. The van der Waals surface area contributed by atoms with Gasteiger partial charge in [0, 0.05) is 16.1 Å². The van der Waals surface area contributed by atoms with Gasteiger partial charge in [-0.05, 0) is 48.5 Å². The lowest BCUT2D eigenvalue weighted by Gasteiger charge is -2.21. The minimum atomic E-state index is -0.0481. The maximum Gasteiger partial charge on any atom is 0.233 e. The molecule has 5 nitrogen and oxygen atoms in total. The number of nitrogens with zero attached hydrogens (tertiary/aromatic N) is 2. The molecule has 1 amide bonds. The van der Waals surface area contributed by atoms with Gasteiger partial charge in [-0.3, -0.25) is 4.79 Å². The van der Waals surface area contributed by atoms with Crippen molar-refractivity contribution in [1.29, 1.82) is 0 Å². The standard InChI is InChI=1S/C23H19ClN2O3S/c24-17-8-10-20(11-9-17)29-15-22-25-18(16-30-22)13-23(27)26(14-21-7-4-12-28-21)19-5-2-1-3-6-19/h1-12,16H,13-15H2. The fraction of sp³-hybridized carbons (Fsp3) is 0.130. The fourth-order valence-electron chi connectivity index (χ4n) is 2.91. The Hall–Kier alpha value is -3.09. The van der Waals surface area contributed by atoms with Gasteiger partial charge in [-0.1, -0.05) is 29.8 Å². The molecule has 0 atom stereocenters. The van der Waals surface area contributed by atoms with Crippen molar-refractivity contribution in [3.63, 3.8) is 0 Å². The Morgan fingerprint density at radius 3 is 2.60 bits per heavy atom. The summed E-state index contributed by atoms with van der Waals surface area (Å²) in [5.41, 5.74) is 1.54. The Bertz CT molecular complexity index is 1080. The maximum absolute atomic E-state index is 13.1. The minimum Gasteiger partial charge on any atom is -0.486 e. The number of carbonyl (C=O) groups excluding carboxylic acids is 1. The Labute approximate surface area is 183 Å². The summed E-state index contributed by atoms with van der Waals surface area (Å²) in [5.74, 6) is 1.40. The molecule has 0 saturated heterocycles. The van der Waals surface area contributed by atoms with Crippen LogP contribution in [0.25, 0.3) is 0 Å². The van der Waals surface area contributed by atoms with Crippen LogP contribution in [0.4, 0.5) is 5.69 Å². The van der Waals surface area contributed by atoms with E-state index in [0.717, 1.165) is 27.9 Å². The van der Waals surface area contributed by atoms with Crippen LogP contribution in [0.3, 0.4) is 0 Å². The average molecular weight is 439 g/mol. The highest BCUT2D eigenvalue weighted by molar-refractivity contribution is 7.09. The molecule has 0 aliphatic carbocycles. The summed E-state index contributed by atoms with van der Waals surface area (Å²) < 4.78 is 11.2. The van der Waals surface area contributed by atoms with Crippen LogP contribution < -0.4 is 9.64 Å². The van der Waals surface area contributed by atoms with Crippen molar-refractivity contribution >= 4 is 34.5 Å². The minimum absolute atomic E-state index is 0.0481. The monoisotopic (exact) mass is 438 g/mol. The lowest BCUT2D eigenvalue weighted by Crippen LogP contribution is -2.31. The predicted octanol–water partition coefficient (Wildman–Crippen LogP) is 5.74. The number of halogens is 1. The van der Waals surface area contributed by atoms with Gasteiger partial charge in [-0.2, -0.15) is 0 Å². The summed E-state index contributed by atoms with van der Waals surface area (Å²) in [5, 5.41) is 3.37. The van der Waals surface area contributed by atoms with E-state index in [0.29, 0.717) is 18.2 Å². The van der Waals surface area contributed by atoms with E-state index in [2.05, 4.69) is 4.98 Å². The van der Waals surface area contributed by atoms with Crippen molar-refractivity contribution in [3.05, 3.63) is 99.9 Å². The number of hydrogen-bond acceptors (Lipinski definition) is 5. The number of para-hydroxylation sites is 1. The molecule has 152 valence electrons. The van der Waals surface area contributed by atoms with Gasteiger partial charge in [-0.15, -0.1) is 11.3 Å². The first-order valence-electron chi connectivity index (χ1n) is 9.37. The van der Waals surface area contributed by atoms with Crippen molar-refractivity contribution in [2.24, 2.45) is 0 Å². The van der Waals surface area contributed by atoms with Gasteiger partial charge >= 0.3 is 0 Å². The van der Waals surface area contributed by atoms with E-state index in [9.17, 15) is 4.79 Å². The summed E-state index contributed by atoms with van der Waals surface area (Å²) in [6.45, 7) is 0.710. The molecule has 2 aromatic carbocycles. The quantitative estimate of drug-likeness (QED) is 0.351. The van der Waals surface area contributed by atoms with E-state index in [1.165, 1.54) is 11.3 Å². The summed E-state index contributed by atoms with van der Waals surface area (Å²) in [7, 11) is 0. The molecule has 0 spiro atoms. The summed E-state index contributed by atoms with van der Waals surface area (Å²) in [6, 6.07) is 20.4. The number of hydrogen-bond donors (Lipinski definition) is 0. The molecular weight excluding hydrogens is 420 g/mol. The second-order valence-corrected chi connectivity index (χ2v) is 7.93. The highest BCUT2D eigenvalue weighted by Crippen LogP contribution is 2.21. The van der Waals surface area contributed by atoms with Crippen molar-refractivity contribution in [2.75, 3.05) is 4.90 Å². The van der Waals surface area contributed by atoms with Crippen LogP contribution in [0.15, 0.2) is 82.8 Å². The lowest BCUT2D eigenvalue weighted by molar-refractivity contribution is -0.118. The highest BCUT2D eigenvalue weighted by Gasteiger charge is 2.19. The molecule has 0 radical (unpaired) electrons. The van der Waals surface area contributed by atoms with Crippen LogP contribution >= 0.6 is 22.9 Å². The maximum atomic E-state index is 13.1. The SMILES string of the molecule is O=C(Cc1csc(COc2ccc(Cl)cc2)n1)N(Cc1ccco1)c1ccccc1. The van der Waals surface area contributed by atoms with Crippen LogP contribution in [0.2, 0.25) is 5.02 Å². The lowest BCUT2D eigenvalue weighted by atomic mass is 10.2. The number of carbonyl (C=O) groups is 1. The number of rotatable bonds is 8. The molecule has 4 rings (SSSR count). The van der Waals surface area contributed by atoms with Gasteiger partial charge in [0.1, 0.15) is 23.1 Å². The third kappa shape index (κ3) is 5.28. The molecule has 2 aromatic heterocycles. The van der Waals surface area contributed by atoms with Crippen molar-refractivity contribution in [3.8, 4) is 5.75 Å². The number of amides is 1. The van der Waals surface area contributed by atoms with E-state index in [-0.39, 0.29) is 12.3 Å². The first-order chi connectivity index (χ1) is 14.7. The van der Waals surface area contributed by atoms with Gasteiger partial charge in [0.05, 0.1) is 24.9 Å². The number of thiazole rings is 1. The number of ether oxygens (including phenoxy) is 1.